The molecule has 25 heavy (non-hydrogen) atoms. The van der Waals surface area contributed by atoms with E-state index in [4.69, 9.17) is 0 Å². The molecule has 0 spiro atoms. The Bertz CT molecular complexity index is 914. The van der Waals surface area contributed by atoms with E-state index in [0.717, 1.165) is 0 Å². The number of amides is 1. The predicted octanol–water partition coefficient (Wildman–Crippen LogP) is 4.71. The second kappa shape index (κ2) is 7.84. The van der Waals surface area contributed by atoms with Crippen molar-refractivity contribution in [1.29, 1.82) is 0 Å². The van der Waals surface area contributed by atoms with E-state index in [9.17, 15) is 13.6 Å². The van der Waals surface area contributed by atoms with Gasteiger partial charge in [-0.1, -0.05) is 34.1 Å². The molecule has 0 aliphatic heterocycles. The average Bonchev–Trinajstić information content (AvgIpc) is 3.02. The molecule has 3 aromatic rings. The number of nitrogens with zero attached hydrogens (tertiary/aromatic N) is 1. The highest BCUT2D eigenvalue weighted by Gasteiger charge is 2.10. The molecule has 0 radical (unpaired) electrons. The molecule has 1 amide bonds. The standard InChI is InChI=1S/C18H13BrF2N2OS/c19-13-5-4-12(16(21)7-13)9-22-17(24)8-15-10-25-18(23-15)11-2-1-3-14(20)6-11/h1-7,10H,8-9H2,(H,22,24). The van der Waals surface area contributed by atoms with Crippen LogP contribution in [0.5, 0.6) is 0 Å². The number of nitrogens with one attached hydrogen (secondary N) is 1. The Hall–Kier alpha value is -2.12. The van der Waals surface area contributed by atoms with Crippen LogP contribution in [0.1, 0.15) is 11.3 Å². The van der Waals surface area contributed by atoms with Gasteiger partial charge in [-0.2, -0.15) is 0 Å². The van der Waals surface area contributed by atoms with Crippen LogP contribution in [0.25, 0.3) is 10.6 Å². The fourth-order valence-electron chi connectivity index (χ4n) is 2.23. The first-order chi connectivity index (χ1) is 12.0. The molecule has 0 saturated carbocycles. The van der Waals surface area contributed by atoms with Crippen molar-refractivity contribution in [3.05, 3.63) is 75.2 Å². The molecule has 1 heterocycles. The molecular weight excluding hydrogens is 410 g/mol. The summed E-state index contributed by atoms with van der Waals surface area (Å²) >= 11 is 4.54. The molecule has 7 heteroatoms. The molecule has 1 N–H and O–H groups in total. The Morgan fingerprint density at radius 1 is 1.20 bits per heavy atom. The number of rotatable bonds is 5. The minimum atomic E-state index is -0.378. The van der Waals surface area contributed by atoms with E-state index in [1.54, 1.807) is 29.6 Å². The number of carbonyl (C=O) groups excluding carboxylic acids is 1. The Labute approximate surface area is 155 Å². The first kappa shape index (κ1) is 17.7. The van der Waals surface area contributed by atoms with Gasteiger partial charge in [0, 0.05) is 27.5 Å². The summed E-state index contributed by atoms with van der Waals surface area (Å²) in [7, 11) is 0. The lowest BCUT2D eigenvalue weighted by Crippen LogP contribution is -2.25. The lowest BCUT2D eigenvalue weighted by molar-refractivity contribution is -0.120. The topological polar surface area (TPSA) is 42.0 Å². The number of benzene rings is 2. The third-order valence-corrected chi connectivity index (χ3v) is 4.89. The van der Waals surface area contributed by atoms with E-state index in [1.807, 2.05) is 0 Å². The van der Waals surface area contributed by atoms with Gasteiger partial charge in [-0.15, -0.1) is 11.3 Å². The van der Waals surface area contributed by atoms with Crippen LogP contribution >= 0.6 is 27.3 Å². The van der Waals surface area contributed by atoms with Gasteiger partial charge < -0.3 is 5.32 Å². The minimum Gasteiger partial charge on any atom is -0.352 e. The van der Waals surface area contributed by atoms with Gasteiger partial charge in [0.15, 0.2) is 0 Å². The van der Waals surface area contributed by atoms with Crippen LogP contribution in [0.3, 0.4) is 0 Å². The van der Waals surface area contributed by atoms with Gasteiger partial charge in [-0.3, -0.25) is 4.79 Å². The highest BCUT2D eigenvalue weighted by atomic mass is 79.9. The molecule has 0 atom stereocenters. The Morgan fingerprint density at radius 2 is 2.04 bits per heavy atom. The third kappa shape index (κ3) is 4.70. The fourth-order valence-corrected chi connectivity index (χ4v) is 3.38. The van der Waals surface area contributed by atoms with Crippen LogP contribution in [0.15, 0.2) is 52.3 Å². The largest absolute Gasteiger partial charge is 0.352 e. The Balaban J connectivity index is 1.60. The molecule has 0 unspecified atom stereocenters. The highest BCUT2D eigenvalue weighted by Crippen LogP contribution is 2.24. The third-order valence-electron chi connectivity index (χ3n) is 3.46. The lowest BCUT2D eigenvalue weighted by Gasteiger charge is -2.06. The zero-order chi connectivity index (χ0) is 17.8. The van der Waals surface area contributed by atoms with Crippen LogP contribution in [0, 0.1) is 11.6 Å². The molecule has 0 aliphatic rings. The molecule has 1 aromatic heterocycles. The number of carbonyl (C=O) groups is 1. The first-order valence-corrected chi connectivity index (χ1v) is 9.09. The molecule has 0 saturated heterocycles. The maximum atomic E-state index is 13.7. The van der Waals surface area contributed by atoms with Crippen molar-refractivity contribution >= 4 is 33.2 Å². The van der Waals surface area contributed by atoms with Crippen molar-refractivity contribution in [3.63, 3.8) is 0 Å². The van der Waals surface area contributed by atoms with Gasteiger partial charge >= 0.3 is 0 Å². The van der Waals surface area contributed by atoms with Crippen molar-refractivity contribution < 1.29 is 13.6 Å². The molecule has 0 fully saturated rings. The van der Waals surface area contributed by atoms with Gasteiger partial charge in [-0.05, 0) is 24.3 Å². The fraction of sp³-hybridized carbons (Fsp3) is 0.111. The zero-order valence-electron chi connectivity index (χ0n) is 12.9. The van der Waals surface area contributed by atoms with Gasteiger partial charge in [0.1, 0.15) is 16.6 Å². The Kier molecular flexibility index (Phi) is 5.55. The van der Waals surface area contributed by atoms with Gasteiger partial charge in [-0.25, -0.2) is 13.8 Å². The van der Waals surface area contributed by atoms with E-state index < -0.39 is 0 Å². The second-order valence-corrected chi connectivity index (χ2v) is 7.12. The van der Waals surface area contributed by atoms with Gasteiger partial charge in [0.25, 0.3) is 0 Å². The number of thiazole rings is 1. The molecule has 128 valence electrons. The summed E-state index contributed by atoms with van der Waals surface area (Å²) in [6, 6.07) is 10.8. The number of aromatic nitrogens is 1. The maximum absolute atomic E-state index is 13.7. The summed E-state index contributed by atoms with van der Waals surface area (Å²) in [5.41, 5.74) is 1.68. The van der Waals surface area contributed by atoms with Crippen LogP contribution in [0.2, 0.25) is 0 Å². The SMILES string of the molecule is O=C(Cc1csc(-c2cccc(F)c2)n1)NCc1ccc(Br)cc1F. The van der Waals surface area contributed by atoms with E-state index in [-0.39, 0.29) is 30.5 Å². The summed E-state index contributed by atoms with van der Waals surface area (Å²) in [4.78, 5) is 16.4. The van der Waals surface area contributed by atoms with Crippen molar-refractivity contribution in [2.75, 3.05) is 0 Å². The summed E-state index contributed by atoms with van der Waals surface area (Å²) in [5, 5.41) is 5.09. The van der Waals surface area contributed by atoms with Crippen molar-refractivity contribution in [2.24, 2.45) is 0 Å². The van der Waals surface area contributed by atoms with Crippen molar-refractivity contribution in [1.82, 2.24) is 10.3 Å². The van der Waals surface area contributed by atoms with E-state index >= 15 is 0 Å². The summed E-state index contributed by atoms with van der Waals surface area (Å²) < 4.78 is 27.6. The van der Waals surface area contributed by atoms with E-state index in [0.29, 0.717) is 26.3 Å². The first-order valence-electron chi connectivity index (χ1n) is 7.42. The Morgan fingerprint density at radius 3 is 2.80 bits per heavy atom. The van der Waals surface area contributed by atoms with Crippen LogP contribution in [-0.4, -0.2) is 10.9 Å². The van der Waals surface area contributed by atoms with Crippen LogP contribution < -0.4 is 5.32 Å². The number of halogens is 3. The maximum Gasteiger partial charge on any atom is 0.226 e. The van der Waals surface area contributed by atoms with Crippen molar-refractivity contribution in [3.8, 4) is 10.6 Å². The lowest BCUT2D eigenvalue weighted by atomic mass is 10.2. The second-order valence-electron chi connectivity index (χ2n) is 5.34. The average molecular weight is 423 g/mol. The van der Waals surface area contributed by atoms with Crippen LogP contribution in [-0.2, 0) is 17.8 Å². The molecule has 3 rings (SSSR count). The molecule has 2 aromatic carbocycles. The highest BCUT2D eigenvalue weighted by molar-refractivity contribution is 9.10. The monoisotopic (exact) mass is 422 g/mol. The van der Waals surface area contributed by atoms with Crippen LogP contribution in [0.4, 0.5) is 8.78 Å². The predicted molar refractivity (Wildman–Crippen MR) is 97.2 cm³/mol. The summed E-state index contributed by atoms with van der Waals surface area (Å²) in [6.07, 6.45) is 0.0873. The van der Waals surface area contributed by atoms with Crippen molar-refractivity contribution in [2.45, 2.75) is 13.0 Å². The van der Waals surface area contributed by atoms with E-state index in [1.165, 1.54) is 29.5 Å². The van der Waals surface area contributed by atoms with E-state index in [2.05, 4.69) is 26.2 Å². The molecule has 0 aliphatic carbocycles. The number of hydrogen-bond donors (Lipinski definition) is 1. The quantitative estimate of drug-likeness (QED) is 0.646. The molecular formula is C18H13BrF2N2OS. The summed E-state index contributed by atoms with van der Waals surface area (Å²) in [5.74, 6) is -0.960. The normalized spacial score (nSPS) is 10.7. The molecule has 0 bridgehead atoms. The van der Waals surface area contributed by atoms with Gasteiger partial charge in [0.05, 0.1) is 12.1 Å². The zero-order valence-corrected chi connectivity index (χ0v) is 15.3. The number of hydrogen-bond acceptors (Lipinski definition) is 3. The smallest absolute Gasteiger partial charge is 0.226 e. The summed E-state index contributed by atoms with van der Waals surface area (Å²) in [6.45, 7) is 0.110. The minimum absolute atomic E-state index is 0.0873. The van der Waals surface area contributed by atoms with Gasteiger partial charge in [0.2, 0.25) is 5.91 Å². The molecule has 3 nitrogen and oxygen atoms in total.